The Hall–Kier alpha value is -0.730. The number of rotatable bonds is 6. The standard InChI is InChI=1S/C14H20ClNO/c15-9-7-12-3-5-13(6-4-12)16-10-8-14-2-1-11-17-14/h3-6,14,16H,1-2,7-11H2. The summed E-state index contributed by atoms with van der Waals surface area (Å²) in [6.45, 7) is 1.93. The van der Waals surface area contributed by atoms with Crippen LogP contribution in [0.1, 0.15) is 24.8 Å². The Bertz CT molecular complexity index is 319. The summed E-state index contributed by atoms with van der Waals surface area (Å²) in [5.41, 5.74) is 2.48. The first kappa shape index (κ1) is 12.7. The van der Waals surface area contributed by atoms with Gasteiger partial charge in [0.05, 0.1) is 6.10 Å². The molecule has 17 heavy (non-hydrogen) atoms. The number of ether oxygens (including phenoxy) is 1. The van der Waals surface area contributed by atoms with Gasteiger partial charge < -0.3 is 10.1 Å². The summed E-state index contributed by atoms with van der Waals surface area (Å²) < 4.78 is 5.59. The second-order valence-corrected chi connectivity index (χ2v) is 4.86. The zero-order valence-corrected chi connectivity index (χ0v) is 10.9. The Kier molecular flexibility index (Phi) is 5.14. The summed E-state index contributed by atoms with van der Waals surface area (Å²) in [5.74, 6) is 0.686. The monoisotopic (exact) mass is 253 g/mol. The Morgan fingerprint density at radius 2 is 2.12 bits per heavy atom. The van der Waals surface area contributed by atoms with Gasteiger partial charge in [-0.1, -0.05) is 12.1 Å². The van der Waals surface area contributed by atoms with Crippen molar-refractivity contribution in [3.8, 4) is 0 Å². The molecule has 1 N–H and O–H groups in total. The third kappa shape index (κ3) is 4.21. The summed E-state index contributed by atoms with van der Waals surface area (Å²) in [5, 5.41) is 3.43. The fourth-order valence-electron chi connectivity index (χ4n) is 2.15. The van der Waals surface area contributed by atoms with Crippen LogP contribution in [-0.2, 0) is 11.2 Å². The highest BCUT2D eigenvalue weighted by Gasteiger charge is 2.14. The van der Waals surface area contributed by atoms with Crippen molar-refractivity contribution in [3.05, 3.63) is 29.8 Å². The average molecular weight is 254 g/mol. The summed E-state index contributed by atoms with van der Waals surface area (Å²) in [4.78, 5) is 0. The van der Waals surface area contributed by atoms with Crippen molar-refractivity contribution < 1.29 is 4.74 Å². The van der Waals surface area contributed by atoms with E-state index in [0.717, 1.165) is 26.0 Å². The van der Waals surface area contributed by atoms with Crippen molar-refractivity contribution >= 4 is 17.3 Å². The third-order valence-electron chi connectivity index (χ3n) is 3.16. The highest BCUT2D eigenvalue weighted by atomic mass is 35.5. The van der Waals surface area contributed by atoms with Crippen LogP contribution in [0.2, 0.25) is 0 Å². The molecule has 0 aromatic heterocycles. The van der Waals surface area contributed by atoms with Crippen molar-refractivity contribution in [2.45, 2.75) is 31.8 Å². The van der Waals surface area contributed by atoms with Crippen molar-refractivity contribution in [1.29, 1.82) is 0 Å². The maximum atomic E-state index is 5.70. The van der Waals surface area contributed by atoms with E-state index < -0.39 is 0 Å². The molecule has 1 heterocycles. The van der Waals surface area contributed by atoms with Gasteiger partial charge in [-0.15, -0.1) is 11.6 Å². The van der Waals surface area contributed by atoms with Gasteiger partial charge in [-0.05, 0) is 43.4 Å². The lowest BCUT2D eigenvalue weighted by atomic mass is 10.1. The topological polar surface area (TPSA) is 21.3 Å². The minimum absolute atomic E-state index is 0.470. The van der Waals surface area contributed by atoms with E-state index in [2.05, 4.69) is 29.6 Å². The Balaban J connectivity index is 1.70. The first-order valence-corrected chi connectivity index (χ1v) is 6.92. The first-order chi connectivity index (χ1) is 8.38. The van der Waals surface area contributed by atoms with E-state index in [1.165, 1.54) is 24.1 Å². The lowest BCUT2D eigenvalue weighted by Gasteiger charge is -2.11. The van der Waals surface area contributed by atoms with Crippen LogP contribution in [0.25, 0.3) is 0 Å². The molecule has 0 radical (unpaired) electrons. The fourth-order valence-corrected chi connectivity index (χ4v) is 2.37. The van der Waals surface area contributed by atoms with E-state index in [-0.39, 0.29) is 0 Å². The molecule has 1 saturated heterocycles. The Labute approximate surface area is 108 Å². The molecule has 0 aliphatic carbocycles. The van der Waals surface area contributed by atoms with Gasteiger partial charge in [0.1, 0.15) is 0 Å². The average Bonchev–Trinajstić information content (AvgIpc) is 2.85. The highest BCUT2D eigenvalue weighted by Crippen LogP contribution is 2.16. The van der Waals surface area contributed by atoms with Crippen LogP contribution in [0.3, 0.4) is 0 Å². The first-order valence-electron chi connectivity index (χ1n) is 6.39. The zero-order chi connectivity index (χ0) is 11.9. The molecule has 0 saturated carbocycles. The largest absolute Gasteiger partial charge is 0.385 e. The van der Waals surface area contributed by atoms with Crippen molar-refractivity contribution in [1.82, 2.24) is 0 Å². The van der Waals surface area contributed by atoms with Gasteiger partial charge in [-0.2, -0.15) is 0 Å². The number of alkyl halides is 1. The Morgan fingerprint density at radius 3 is 2.76 bits per heavy atom. The number of aryl methyl sites for hydroxylation is 1. The second kappa shape index (κ2) is 6.87. The fraction of sp³-hybridized carbons (Fsp3) is 0.571. The quantitative estimate of drug-likeness (QED) is 0.784. The minimum Gasteiger partial charge on any atom is -0.385 e. The van der Waals surface area contributed by atoms with Crippen LogP contribution in [0, 0.1) is 0 Å². The predicted molar refractivity (Wildman–Crippen MR) is 72.9 cm³/mol. The van der Waals surface area contributed by atoms with E-state index in [9.17, 15) is 0 Å². The van der Waals surface area contributed by atoms with Gasteiger partial charge in [0.15, 0.2) is 0 Å². The van der Waals surface area contributed by atoms with E-state index in [1.807, 2.05) is 0 Å². The van der Waals surface area contributed by atoms with E-state index in [4.69, 9.17) is 16.3 Å². The normalized spacial score (nSPS) is 19.5. The van der Waals surface area contributed by atoms with Gasteiger partial charge in [-0.25, -0.2) is 0 Å². The molecular formula is C14H20ClNO. The van der Waals surface area contributed by atoms with Gasteiger partial charge in [0.2, 0.25) is 0 Å². The van der Waals surface area contributed by atoms with E-state index >= 15 is 0 Å². The molecule has 1 aromatic rings. The smallest absolute Gasteiger partial charge is 0.0592 e. The van der Waals surface area contributed by atoms with Crippen LogP contribution < -0.4 is 5.32 Å². The molecule has 1 aliphatic rings. The molecule has 94 valence electrons. The molecule has 0 bridgehead atoms. The molecule has 1 aliphatic heterocycles. The predicted octanol–water partition coefficient (Wildman–Crippen LogP) is 3.45. The maximum absolute atomic E-state index is 5.70. The molecular weight excluding hydrogens is 234 g/mol. The number of anilines is 1. The number of hydrogen-bond donors (Lipinski definition) is 1. The molecule has 3 heteroatoms. The third-order valence-corrected chi connectivity index (χ3v) is 3.35. The lowest BCUT2D eigenvalue weighted by molar-refractivity contribution is 0.107. The highest BCUT2D eigenvalue weighted by molar-refractivity contribution is 6.17. The van der Waals surface area contributed by atoms with Crippen LogP contribution in [0.5, 0.6) is 0 Å². The molecule has 2 nitrogen and oxygen atoms in total. The molecule has 1 fully saturated rings. The van der Waals surface area contributed by atoms with Crippen LogP contribution in [-0.4, -0.2) is 25.1 Å². The van der Waals surface area contributed by atoms with Crippen LogP contribution >= 0.6 is 11.6 Å². The maximum Gasteiger partial charge on any atom is 0.0592 e. The summed E-state index contributed by atoms with van der Waals surface area (Å²) >= 11 is 5.70. The van der Waals surface area contributed by atoms with Crippen molar-refractivity contribution in [2.24, 2.45) is 0 Å². The second-order valence-electron chi connectivity index (χ2n) is 4.49. The SMILES string of the molecule is ClCCc1ccc(NCCC2CCCO2)cc1. The minimum atomic E-state index is 0.470. The lowest BCUT2D eigenvalue weighted by Crippen LogP contribution is -2.12. The van der Waals surface area contributed by atoms with Crippen molar-refractivity contribution in [3.63, 3.8) is 0 Å². The summed E-state index contributed by atoms with van der Waals surface area (Å²) in [7, 11) is 0. The zero-order valence-electron chi connectivity index (χ0n) is 10.1. The van der Waals surface area contributed by atoms with Crippen molar-refractivity contribution in [2.75, 3.05) is 24.3 Å². The molecule has 0 spiro atoms. The molecule has 1 unspecified atom stereocenters. The van der Waals surface area contributed by atoms with E-state index in [0.29, 0.717) is 12.0 Å². The molecule has 0 amide bonds. The van der Waals surface area contributed by atoms with E-state index in [1.54, 1.807) is 0 Å². The number of hydrogen-bond acceptors (Lipinski definition) is 2. The van der Waals surface area contributed by atoms with Crippen LogP contribution in [0.15, 0.2) is 24.3 Å². The Morgan fingerprint density at radius 1 is 1.29 bits per heavy atom. The number of halogens is 1. The number of benzene rings is 1. The summed E-state index contributed by atoms with van der Waals surface area (Å²) in [6, 6.07) is 8.52. The molecule has 1 aromatic carbocycles. The number of nitrogens with one attached hydrogen (secondary N) is 1. The van der Waals surface area contributed by atoms with Gasteiger partial charge in [0, 0.05) is 24.7 Å². The van der Waals surface area contributed by atoms with Gasteiger partial charge in [-0.3, -0.25) is 0 Å². The van der Waals surface area contributed by atoms with Gasteiger partial charge >= 0.3 is 0 Å². The summed E-state index contributed by atoms with van der Waals surface area (Å²) in [6.07, 6.45) is 4.95. The van der Waals surface area contributed by atoms with Gasteiger partial charge in [0.25, 0.3) is 0 Å². The molecule has 1 atom stereocenters. The molecule has 2 rings (SSSR count). The van der Waals surface area contributed by atoms with Crippen LogP contribution in [0.4, 0.5) is 5.69 Å².